The van der Waals surface area contributed by atoms with Gasteiger partial charge in [0.25, 0.3) is 0 Å². The molecule has 0 spiro atoms. The van der Waals surface area contributed by atoms with Gasteiger partial charge in [0.2, 0.25) is 0 Å². The molecule has 0 atom stereocenters. The summed E-state index contributed by atoms with van der Waals surface area (Å²) in [6.07, 6.45) is 0. The van der Waals surface area contributed by atoms with E-state index in [1.165, 1.54) is 0 Å². The van der Waals surface area contributed by atoms with Gasteiger partial charge in [-0.1, -0.05) is 17.7 Å². The number of benzene rings is 2. The van der Waals surface area contributed by atoms with Crippen LogP contribution < -0.4 is 14.8 Å². The van der Waals surface area contributed by atoms with Crippen molar-refractivity contribution in [3.63, 3.8) is 0 Å². The number of hydrogen-bond donors (Lipinski definition) is 1. The molecule has 0 aromatic heterocycles. The lowest BCUT2D eigenvalue weighted by Gasteiger charge is -2.10. The summed E-state index contributed by atoms with van der Waals surface area (Å²) < 4.78 is 10.8. The van der Waals surface area contributed by atoms with Crippen LogP contribution in [0, 0.1) is 6.92 Å². The van der Waals surface area contributed by atoms with Crippen molar-refractivity contribution in [2.45, 2.75) is 6.92 Å². The first-order chi connectivity index (χ1) is 9.69. The summed E-state index contributed by atoms with van der Waals surface area (Å²) in [5.74, 6) is 1.67. The largest absolute Gasteiger partial charge is 0.497 e. The van der Waals surface area contributed by atoms with Crippen molar-refractivity contribution in [1.29, 1.82) is 0 Å². The number of anilines is 1. The highest BCUT2D eigenvalue weighted by Gasteiger charge is 1.99. The molecular formula is C16H18ClNO2. The number of aryl methyl sites for hydroxylation is 1. The third-order valence-electron chi connectivity index (χ3n) is 2.90. The third kappa shape index (κ3) is 4.07. The number of nitrogens with one attached hydrogen (secondary N) is 1. The Morgan fingerprint density at radius 2 is 1.95 bits per heavy atom. The normalized spacial score (nSPS) is 10.2. The maximum Gasteiger partial charge on any atom is 0.120 e. The van der Waals surface area contributed by atoms with Gasteiger partial charge < -0.3 is 14.8 Å². The van der Waals surface area contributed by atoms with Gasteiger partial charge in [0.1, 0.15) is 18.1 Å². The molecule has 0 fully saturated rings. The molecule has 0 saturated carbocycles. The van der Waals surface area contributed by atoms with E-state index in [9.17, 15) is 0 Å². The zero-order chi connectivity index (χ0) is 14.4. The first-order valence-corrected chi connectivity index (χ1v) is 6.84. The molecular weight excluding hydrogens is 274 g/mol. The molecule has 2 aromatic carbocycles. The highest BCUT2D eigenvalue weighted by molar-refractivity contribution is 6.31. The van der Waals surface area contributed by atoms with Crippen LogP contribution in [0.1, 0.15) is 5.56 Å². The van der Waals surface area contributed by atoms with E-state index in [1.54, 1.807) is 7.11 Å². The minimum atomic E-state index is 0.582. The van der Waals surface area contributed by atoms with Gasteiger partial charge in [0.15, 0.2) is 0 Å². The lowest BCUT2D eigenvalue weighted by Crippen LogP contribution is -2.11. The minimum absolute atomic E-state index is 0.582. The Morgan fingerprint density at radius 1 is 1.10 bits per heavy atom. The molecule has 0 amide bonds. The van der Waals surface area contributed by atoms with Gasteiger partial charge >= 0.3 is 0 Å². The second-order valence-corrected chi connectivity index (χ2v) is 4.83. The van der Waals surface area contributed by atoms with Crippen LogP contribution in [0.2, 0.25) is 5.02 Å². The number of rotatable bonds is 6. The SMILES string of the molecule is COc1cccc(NCCOc2ccc(Cl)c(C)c2)c1. The molecule has 0 aliphatic carbocycles. The first kappa shape index (κ1) is 14.5. The van der Waals surface area contributed by atoms with E-state index in [2.05, 4.69) is 5.32 Å². The summed E-state index contributed by atoms with van der Waals surface area (Å²) in [6.45, 7) is 3.26. The number of halogens is 1. The molecule has 0 aliphatic heterocycles. The second kappa shape index (κ2) is 7.06. The highest BCUT2D eigenvalue weighted by Crippen LogP contribution is 2.21. The molecule has 0 saturated heterocycles. The van der Waals surface area contributed by atoms with Crippen molar-refractivity contribution in [3.05, 3.63) is 53.1 Å². The Hall–Kier alpha value is -1.87. The molecule has 2 rings (SSSR count). The molecule has 0 bridgehead atoms. The smallest absolute Gasteiger partial charge is 0.120 e. The number of methoxy groups -OCH3 is 1. The minimum Gasteiger partial charge on any atom is -0.497 e. The van der Waals surface area contributed by atoms with Crippen LogP contribution in [0.25, 0.3) is 0 Å². The molecule has 20 heavy (non-hydrogen) atoms. The van der Waals surface area contributed by atoms with Crippen LogP contribution in [0.4, 0.5) is 5.69 Å². The quantitative estimate of drug-likeness (QED) is 0.811. The zero-order valence-corrected chi connectivity index (χ0v) is 12.4. The Balaban J connectivity index is 1.79. The van der Waals surface area contributed by atoms with Crippen molar-refractivity contribution in [3.8, 4) is 11.5 Å². The van der Waals surface area contributed by atoms with Gasteiger partial charge in [-0.25, -0.2) is 0 Å². The van der Waals surface area contributed by atoms with Crippen molar-refractivity contribution in [2.24, 2.45) is 0 Å². The van der Waals surface area contributed by atoms with Crippen LogP contribution in [0.5, 0.6) is 11.5 Å². The number of ether oxygens (including phenoxy) is 2. The predicted molar refractivity (Wildman–Crippen MR) is 83.2 cm³/mol. The van der Waals surface area contributed by atoms with Crippen LogP contribution >= 0.6 is 11.6 Å². The topological polar surface area (TPSA) is 30.5 Å². The van der Waals surface area contributed by atoms with E-state index in [-0.39, 0.29) is 0 Å². The van der Waals surface area contributed by atoms with Gasteiger partial charge in [0.05, 0.1) is 7.11 Å². The fourth-order valence-corrected chi connectivity index (χ4v) is 1.92. The van der Waals surface area contributed by atoms with E-state index in [0.29, 0.717) is 6.61 Å². The maximum absolute atomic E-state index is 5.97. The molecule has 4 heteroatoms. The molecule has 1 N–H and O–H groups in total. The molecule has 106 valence electrons. The predicted octanol–water partition coefficient (Wildman–Crippen LogP) is 4.15. The van der Waals surface area contributed by atoms with Crippen LogP contribution in [-0.2, 0) is 0 Å². The van der Waals surface area contributed by atoms with Crippen LogP contribution in [0.3, 0.4) is 0 Å². The fourth-order valence-electron chi connectivity index (χ4n) is 1.80. The molecule has 0 heterocycles. The van der Waals surface area contributed by atoms with E-state index in [1.807, 2.05) is 49.4 Å². The highest BCUT2D eigenvalue weighted by atomic mass is 35.5. The van der Waals surface area contributed by atoms with E-state index >= 15 is 0 Å². The van der Waals surface area contributed by atoms with Gasteiger partial charge in [-0.2, -0.15) is 0 Å². The monoisotopic (exact) mass is 291 g/mol. The molecule has 0 unspecified atom stereocenters. The summed E-state index contributed by atoms with van der Waals surface area (Å²) in [7, 11) is 1.66. The Bertz CT molecular complexity index is 572. The zero-order valence-electron chi connectivity index (χ0n) is 11.7. The van der Waals surface area contributed by atoms with Crippen LogP contribution in [0.15, 0.2) is 42.5 Å². The standard InChI is InChI=1S/C16H18ClNO2/c1-12-10-15(6-7-16(12)17)20-9-8-18-13-4-3-5-14(11-13)19-2/h3-7,10-11,18H,8-9H2,1-2H3. The number of hydrogen-bond acceptors (Lipinski definition) is 3. The molecule has 0 radical (unpaired) electrons. The summed E-state index contributed by atoms with van der Waals surface area (Å²) >= 11 is 5.97. The summed E-state index contributed by atoms with van der Waals surface area (Å²) in [6, 6.07) is 13.5. The molecule has 3 nitrogen and oxygen atoms in total. The first-order valence-electron chi connectivity index (χ1n) is 6.46. The van der Waals surface area contributed by atoms with Crippen LogP contribution in [-0.4, -0.2) is 20.3 Å². The Labute approximate surface area is 124 Å². The Kier molecular flexibility index (Phi) is 5.13. The average molecular weight is 292 g/mol. The van der Waals surface area contributed by atoms with Crippen molar-refractivity contribution in [1.82, 2.24) is 0 Å². The van der Waals surface area contributed by atoms with Gasteiger partial charge in [-0.05, 0) is 42.8 Å². The summed E-state index contributed by atoms with van der Waals surface area (Å²) in [5, 5.41) is 4.04. The van der Waals surface area contributed by atoms with E-state index < -0.39 is 0 Å². The lowest BCUT2D eigenvalue weighted by molar-refractivity contribution is 0.332. The lowest BCUT2D eigenvalue weighted by atomic mass is 10.2. The van der Waals surface area contributed by atoms with E-state index in [0.717, 1.165) is 34.3 Å². The maximum atomic E-state index is 5.97. The van der Waals surface area contributed by atoms with Gasteiger partial charge in [-0.15, -0.1) is 0 Å². The van der Waals surface area contributed by atoms with E-state index in [4.69, 9.17) is 21.1 Å². The second-order valence-electron chi connectivity index (χ2n) is 4.42. The van der Waals surface area contributed by atoms with Gasteiger partial charge in [-0.3, -0.25) is 0 Å². The summed E-state index contributed by atoms with van der Waals surface area (Å²) in [4.78, 5) is 0. The van der Waals surface area contributed by atoms with Crippen molar-refractivity contribution < 1.29 is 9.47 Å². The average Bonchev–Trinajstić information content (AvgIpc) is 2.47. The summed E-state index contributed by atoms with van der Waals surface area (Å²) in [5.41, 5.74) is 2.03. The molecule has 2 aromatic rings. The Morgan fingerprint density at radius 3 is 2.70 bits per heavy atom. The third-order valence-corrected chi connectivity index (χ3v) is 3.32. The van der Waals surface area contributed by atoms with Crippen molar-refractivity contribution in [2.75, 3.05) is 25.6 Å². The molecule has 0 aliphatic rings. The fraction of sp³-hybridized carbons (Fsp3) is 0.250. The van der Waals surface area contributed by atoms with Gasteiger partial charge in [0, 0.05) is 23.3 Å². The van der Waals surface area contributed by atoms with Crippen molar-refractivity contribution >= 4 is 17.3 Å².